The highest BCUT2D eigenvalue weighted by Gasteiger charge is 2.26. The van der Waals surface area contributed by atoms with Gasteiger partial charge in [0.1, 0.15) is 0 Å². The van der Waals surface area contributed by atoms with Crippen LogP contribution in [0.25, 0.3) is 0 Å². The van der Waals surface area contributed by atoms with Crippen molar-refractivity contribution < 1.29 is 0 Å². The molecule has 0 radical (unpaired) electrons. The van der Waals surface area contributed by atoms with Crippen molar-refractivity contribution in [2.24, 2.45) is 17.8 Å². The molecule has 4 heteroatoms. The summed E-state index contributed by atoms with van der Waals surface area (Å²) < 4.78 is 0. The summed E-state index contributed by atoms with van der Waals surface area (Å²) in [6.45, 7) is 9.13. The predicted molar refractivity (Wildman–Crippen MR) is 76.0 cm³/mol. The minimum Gasteiger partial charge on any atom is -0.341 e. The molecule has 3 nitrogen and oxygen atoms in total. The van der Waals surface area contributed by atoms with Gasteiger partial charge in [-0.2, -0.15) is 0 Å². The van der Waals surface area contributed by atoms with Crippen LogP contribution in [0.1, 0.15) is 33.6 Å². The lowest BCUT2D eigenvalue weighted by Gasteiger charge is -2.36. The third-order valence-corrected chi connectivity index (χ3v) is 4.42. The van der Waals surface area contributed by atoms with Crippen LogP contribution in [0.5, 0.6) is 0 Å². The average molecular weight is 268 g/mol. The van der Waals surface area contributed by atoms with E-state index in [-0.39, 0.29) is 0 Å². The van der Waals surface area contributed by atoms with Gasteiger partial charge >= 0.3 is 0 Å². The Morgan fingerprint density at radius 1 is 1.17 bits per heavy atom. The summed E-state index contributed by atoms with van der Waals surface area (Å²) in [5.41, 5.74) is 0. The summed E-state index contributed by atoms with van der Waals surface area (Å²) in [5, 5.41) is 0.599. The lowest BCUT2D eigenvalue weighted by atomic mass is 9.79. The second-order valence-corrected chi connectivity index (χ2v) is 6.07. The van der Waals surface area contributed by atoms with Gasteiger partial charge in [0.05, 0.1) is 17.4 Å². The zero-order valence-electron chi connectivity index (χ0n) is 11.4. The Hall–Kier alpha value is -0.830. The fourth-order valence-corrected chi connectivity index (χ4v) is 2.74. The molecule has 18 heavy (non-hydrogen) atoms. The number of aromatic nitrogens is 2. The van der Waals surface area contributed by atoms with Crippen molar-refractivity contribution >= 4 is 17.5 Å². The maximum Gasteiger partial charge on any atom is 0.225 e. The standard InChI is InChI=1S/C14H22ClN3/c1-10(2)11(3)12-4-6-18(7-5-12)14-16-8-13(15)9-17-14/h8-12H,4-7H2,1-3H3. The van der Waals surface area contributed by atoms with E-state index in [1.165, 1.54) is 12.8 Å². The van der Waals surface area contributed by atoms with Crippen LogP contribution < -0.4 is 4.90 Å². The lowest BCUT2D eigenvalue weighted by Crippen LogP contribution is -2.37. The third kappa shape index (κ3) is 3.14. The van der Waals surface area contributed by atoms with Crippen molar-refractivity contribution in [2.75, 3.05) is 18.0 Å². The first kappa shape index (κ1) is 13.6. The van der Waals surface area contributed by atoms with Gasteiger partial charge < -0.3 is 4.90 Å². The van der Waals surface area contributed by atoms with Crippen LogP contribution in [-0.2, 0) is 0 Å². The first-order valence-electron chi connectivity index (χ1n) is 6.80. The highest BCUT2D eigenvalue weighted by atomic mass is 35.5. The minimum atomic E-state index is 0.599. The zero-order valence-corrected chi connectivity index (χ0v) is 12.2. The third-order valence-electron chi connectivity index (χ3n) is 4.22. The molecular weight excluding hydrogens is 246 g/mol. The smallest absolute Gasteiger partial charge is 0.225 e. The summed E-state index contributed by atoms with van der Waals surface area (Å²) in [6, 6.07) is 0. The molecule has 1 unspecified atom stereocenters. The molecule has 1 fully saturated rings. The van der Waals surface area contributed by atoms with E-state index in [4.69, 9.17) is 11.6 Å². The van der Waals surface area contributed by atoms with Gasteiger partial charge in [-0.25, -0.2) is 9.97 Å². The van der Waals surface area contributed by atoms with Crippen LogP contribution in [0, 0.1) is 17.8 Å². The SMILES string of the molecule is CC(C)C(C)C1CCN(c2ncc(Cl)cn2)CC1. The fourth-order valence-electron chi connectivity index (χ4n) is 2.64. The second-order valence-electron chi connectivity index (χ2n) is 5.63. The van der Waals surface area contributed by atoms with Gasteiger partial charge in [0.15, 0.2) is 0 Å². The summed E-state index contributed by atoms with van der Waals surface area (Å²) in [7, 11) is 0. The largest absolute Gasteiger partial charge is 0.341 e. The average Bonchev–Trinajstić information content (AvgIpc) is 2.39. The molecule has 1 aromatic rings. The van der Waals surface area contributed by atoms with Crippen molar-refractivity contribution in [2.45, 2.75) is 33.6 Å². The van der Waals surface area contributed by atoms with E-state index in [1.807, 2.05) is 0 Å². The van der Waals surface area contributed by atoms with E-state index in [2.05, 4.69) is 35.6 Å². The van der Waals surface area contributed by atoms with E-state index in [9.17, 15) is 0 Å². The lowest BCUT2D eigenvalue weighted by molar-refractivity contribution is 0.233. The minimum absolute atomic E-state index is 0.599. The van der Waals surface area contributed by atoms with E-state index < -0.39 is 0 Å². The Kier molecular flexibility index (Phi) is 4.44. The molecule has 0 saturated carbocycles. The van der Waals surface area contributed by atoms with Gasteiger partial charge in [0.25, 0.3) is 0 Å². The van der Waals surface area contributed by atoms with Crippen LogP contribution in [-0.4, -0.2) is 23.1 Å². The normalized spacial score (nSPS) is 19.3. The van der Waals surface area contributed by atoms with Crippen LogP contribution in [0.2, 0.25) is 5.02 Å². The van der Waals surface area contributed by atoms with E-state index in [0.717, 1.165) is 36.8 Å². The Labute approximate surface area is 115 Å². The topological polar surface area (TPSA) is 29.0 Å². The highest BCUT2D eigenvalue weighted by molar-refractivity contribution is 6.30. The number of anilines is 1. The number of hydrogen-bond donors (Lipinski definition) is 0. The van der Waals surface area contributed by atoms with E-state index >= 15 is 0 Å². The summed E-state index contributed by atoms with van der Waals surface area (Å²) >= 11 is 5.81. The molecule has 100 valence electrons. The number of rotatable bonds is 3. The Balaban J connectivity index is 1.92. The second kappa shape index (κ2) is 5.87. The molecule has 1 aliphatic rings. The molecule has 0 spiro atoms. The molecule has 1 atom stereocenters. The first-order chi connectivity index (χ1) is 8.58. The van der Waals surface area contributed by atoms with Crippen molar-refractivity contribution in [3.63, 3.8) is 0 Å². The van der Waals surface area contributed by atoms with Gasteiger partial charge in [-0.3, -0.25) is 0 Å². The van der Waals surface area contributed by atoms with Crippen molar-refractivity contribution in [3.8, 4) is 0 Å². The van der Waals surface area contributed by atoms with Crippen LogP contribution in [0.15, 0.2) is 12.4 Å². The number of hydrogen-bond acceptors (Lipinski definition) is 3. The van der Waals surface area contributed by atoms with Gasteiger partial charge in [0, 0.05) is 13.1 Å². The Morgan fingerprint density at radius 2 is 1.72 bits per heavy atom. The van der Waals surface area contributed by atoms with Crippen LogP contribution >= 0.6 is 11.6 Å². The first-order valence-corrected chi connectivity index (χ1v) is 7.18. The molecule has 1 aliphatic heterocycles. The highest BCUT2D eigenvalue weighted by Crippen LogP contribution is 2.30. The Morgan fingerprint density at radius 3 is 2.22 bits per heavy atom. The van der Waals surface area contributed by atoms with Crippen molar-refractivity contribution in [1.82, 2.24) is 9.97 Å². The van der Waals surface area contributed by atoms with Gasteiger partial charge in [-0.05, 0) is 30.6 Å². The molecule has 2 rings (SSSR count). The predicted octanol–water partition coefficient (Wildman–Crippen LogP) is 3.64. The molecule has 2 heterocycles. The molecule has 0 bridgehead atoms. The van der Waals surface area contributed by atoms with Crippen LogP contribution in [0.4, 0.5) is 5.95 Å². The summed E-state index contributed by atoms with van der Waals surface area (Å²) in [4.78, 5) is 10.8. The Bertz CT molecular complexity index is 369. The molecule has 0 amide bonds. The summed E-state index contributed by atoms with van der Waals surface area (Å²) in [5.74, 6) is 3.23. The number of piperidine rings is 1. The number of nitrogens with zero attached hydrogens (tertiary/aromatic N) is 3. The summed E-state index contributed by atoms with van der Waals surface area (Å²) in [6.07, 6.45) is 5.83. The van der Waals surface area contributed by atoms with Gasteiger partial charge in [-0.15, -0.1) is 0 Å². The molecule has 0 aliphatic carbocycles. The van der Waals surface area contributed by atoms with Gasteiger partial charge in [-0.1, -0.05) is 32.4 Å². The van der Waals surface area contributed by atoms with E-state index in [1.54, 1.807) is 12.4 Å². The quantitative estimate of drug-likeness (QED) is 0.837. The molecule has 0 N–H and O–H groups in total. The fraction of sp³-hybridized carbons (Fsp3) is 0.714. The molecular formula is C14H22ClN3. The number of halogens is 1. The van der Waals surface area contributed by atoms with Gasteiger partial charge in [0.2, 0.25) is 5.95 Å². The molecule has 0 aromatic carbocycles. The van der Waals surface area contributed by atoms with Crippen LogP contribution in [0.3, 0.4) is 0 Å². The van der Waals surface area contributed by atoms with Crippen molar-refractivity contribution in [1.29, 1.82) is 0 Å². The maximum absolute atomic E-state index is 5.81. The zero-order chi connectivity index (χ0) is 13.1. The van der Waals surface area contributed by atoms with Crippen molar-refractivity contribution in [3.05, 3.63) is 17.4 Å². The molecule has 1 saturated heterocycles. The maximum atomic E-state index is 5.81. The molecule has 1 aromatic heterocycles. The monoisotopic (exact) mass is 267 g/mol. The van der Waals surface area contributed by atoms with E-state index in [0.29, 0.717) is 5.02 Å².